The number of thiophene rings is 1. The van der Waals surface area contributed by atoms with Gasteiger partial charge in [0.2, 0.25) is 5.91 Å². The molecule has 5 rings (SSSR count). The topological polar surface area (TPSA) is 61.9 Å². The van der Waals surface area contributed by atoms with Crippen LogP contribution in [0.1, 0.15) is 46.6 Å². The van der Waals surface area contributed by atoms with Crippen LogP contribution in [0.5, 0.6) is 0 Å². The van der Waals surface area contributed by atoms with Crippen molar-refractivity contribution in [3.05, 3.63) is 64.0 Å². The largest absolute Gasteiger partial charge is 0.462 e. The first-order chi connectivity index (χ1) is 17.5. The lowest BCUT2D eigenvalue weighted by atomic mass is 9.88. The van der Waals surface area contributed by atoms with E-state index in [9.17, 15) is 9.59 Å². The molecule has 0 radical (unpaired) electrons. The number of amides is 1. The fraction of sp³-hybridized carbons (Fsp3) is 0.448. The number of rotatable bonds is 7. The normalized spacial score (nSPS) is 18.7. The number of anilines is 1. The van der Waals surface area contributed by atoms with E-state index in [2.05, 4.69) is 64.5 Å². The molecule has 1 saturated heterocycles. The van der Waals surface area contributed by atoms with Crippen molar-refractivity contribution in [2.45, 2.75) is 39.7 Å². The van der Waals surface area contributed by atoms with Gasteiger partial charge in [0.25, 0.3) is 0 Å². The zero-order valence-electron chi connectivity index (χ0n) is 21.2. The van der Waals surface area contributed by atoms with Gasteiger partial charge in [-0.15, -0.1) is 11.3 Å². The van der Waals surface area contributed by atoms with E-state index in [0.717, 1.165) is 57.5 Å². The van der Waals surface area contributed by atoms with Gasteiger partial charge in [-0.3, -0.25) is 14.6 Å². The fourth-order valence-corrected chi connectivity index (χ4v) is 6.82. The van der Waals surface area contributed by atoms with Crippen molar-refractivity contribution in [1.82, 2.24) is 9.80 Å². The van der Waals surface area contributed by atoms with Crippen molar-refractivity contribution in [2.24, 2.45) is 5.92 Å². The second kappa shape index (κ2) is 11.1. The standard InChI is InChI=1S/C29H35N3O3S/c1-3-35-29(34)27-24-12-11-20(2)17-25(24)36-28(27)30-26(33)19-32-15-13-31(14-16-32)18-22-9-6-8-21-7-4-5-10-23(21)22/h4-10,20H,3,11-19H2,1-2H3,(H,30,33). The predicted molar refractivity (Wildman–Crippen MR) is 146 cm³/mol. The zero-order valence-corrected chi connectivity index (χ0v) is 22.0. The third-order valence-corrected chi connectivity index (χ3v) is 8.52. The number of nitrogens with zero attached hydrogens (tertiary/aromatic N) is 2. The molecule has 2 heterocycles. The van der Waals surface area contributed by atoms with Crippen LogP contribution < -0.4 is 5.32 Å². The molecule has 1 aliphatic heterocycles. The van der Waals surface area contributed by atoms with Gasteiger partial charge in [0, 0.05) is 37.6 Å². The predicted octanol–water partition coefficient (Wildman–Crippen LogP) is 4.96. The molecule has 2 aliphatic rings. The molecule has 1 atom stereocenters. The molecule has 1 unspecified atom stereocenters. The zero-order chi connectivity index (χ0) is 25.1. The maximum atomic E-state index is 13.0. The number of piperazine rings is 1. The monoisotopic (exact) mass is 505 g/mol. The molecule has 2 aromatic carbocycles. The lowest BCUT2D eigenvalue weighted by molar-refractivity contribution is -0.117. The van der Waals surface area contributed by atoms with Gasteiger partial charge in [0.1, 0.15) is 5.00 Å². The number of carbonyl (C=O) groups excluding carboxylic acids is 2. The Labute approximate surface area is 217 Å². The van der Waals surface area contributed by atoms with Gasteiger partial charge in [0.15, 0.2) is 0 Å². The number of ether oxygens (including phenoxy) is 1. The Bertz CT molecular complexity index is 1240. The quantitative estimate of drug-likeness (QED) is 0.460. The number of esters is 1. The van der Waals surface area contributed by atoms with E-state index in [1.165, 1.54) is 21.2 Å². The molecule has 3 aromatic rings. The van der Waals surface area contributed by atoms with Gasteiger partial charge in [-0.25, -0.2) is 4.79 Å². The first kappa shape index (κ1) is 24.9. The number of fused-ring (bicyclic) bond motifs is 2. The Hall–Kier alpha value is -2.74. The highest BCUT2D eigenvalue weighted by Crippen LogP contribution is 2.40. The van der Waals surface area contributed by atoms with Crippen LogP contribution in [-0.2, 0) is 28.9 Å². The number of nitrogens with one attached hydrogen (secondary N) is 1. The van der Waals surface area contributed by atoms with Crippen molar-refractivity contribution in [2.75, 3.05) is 44.6 Å². The average Bonchev–Trinajstić information content (AvgIpc) is 3.22. The van der Waals surface area contributed by atoms with Crippen molar-refractivity contribution in [3.63, 3.8) is 0 Å². The Morgan fingerprint density at radius 3 is 2.61 bits per heavy atom. The molecule has 36 heavy (non-hydrogen) atoms. The van der Waals surface area contributed by atoms with Gasteiger partial charge in [-0.2, -0.15) is 0 Å². The van der Waals surface area contributed by atoms with E-state index < -0.39 is 0 Å². The molecule has 190 valence electrons. The van der Waals surface area contributed by atoms with Gasteiger partial charge in [0.05, 0.1) is 18.7 Å². The lowest BCUT2D eigenvalue weighted by Crippen LogP contribution is -2.48. The van der Waals surface area contributed by atoms with E-state index in [-0.39, 0.29) is 11.9 Å². The summed E-state index contributed by atoms with van der Waals surface area (Å²) in [5.74, 6) is 0.219. The van der Waals surface area contributed by atoms with Crippen molar-refractivity contribution in [3.8, 4) is 0 Å². The van der Waals surface area contributed by atoms with Gasteiger partial charge in [-0.1, -0.05) is 49.4 Å². The molecule has 0 spiro atoms. The van der Waals surface area contributed by atoms with Crippen LogP contribution in [0.2, 0.25) is 0 Å². The van der Waals surface area contributed by atoms with E-state index >= 15 is 0 Å². The first-order valence-electron chi connectivity index (χ1n) is 13.0. The van der Waals surface area contributed by atoms with Crippen LogP contribution in [0.25, 0.3) is 10.8 Å². The minimum Gasteiger partial charge on any atom is -0.462 e. The highest BCUT2D eigenvalue weighted by Gasteiger charge is 2.29. The van der Waals surface area contributed by atoms with Crippen molar-refractivity contribution < 1.29 is 14.3 Å². The summed E-state index contributed by atoms with van der Waals surface area (Å²) in [4.78, 5) is 31.6. The van der Waals surface area contributed by atoms with Crippen LogP contribution in [0.4, 0.5) is 5.00 Å². The molecule has 0 bridgehead atoms. The second-order valence-electron chi connectivity index (χ2n) is 10.0. The maximum absolute atomic E-state index is 13.0. The van der Waals surface area contributed by atoms with Gasteiger partial charge >= 0.3 is 5.97 Å². The Morgan fingerprint density at radius 2 is 1.81 bits per heavy atom. The van der Waals surface area contributed by atoms with Gasteiger partial charge in [-0.05, 0) is 54.0 Å². The molecule has 1 amide bonds. The number of carbonyl (C=O) groups is 2. The highest BCUT2D eigenvalue weighted by molar-refractivity contribution is 7.17. The van der Waals surface area contributed by atoms with Crippen LogP contribution in [0, 0.1) is 5.92 Å². The summed E-state index contributed by atoms with van der Waals surface area (Å²) in [7, 11) is 0. The third kappa shape index (κ3) is 5.48. The van der Waals surface area contributed by atoms with E-state index in [1.807, 2.05) is 6.92 Å². The van der Waals surface area contributed by atoms with E-state index in [1.54, 1.807) is 11.3 Å². The third-order valence-electron chi connectivity index (χ3n) is 7.35. The van der Waals surface area contributed by atoms with E-state index in [0.29, 0.717) is 29.6 Å². The average molecular weight is 506 g/mol. The Kier molecular flexibility index (Phi) is 7.70. The molecule has 1 aliphatic carbocycles. The number of hydrogen-bond donors (Lipinski definition) is 1. The molecule has 1 N–H and O–H groups in total. The SMILES string of the molecule is CCOC(=O)c1c(NC(=O)CN2CCN(Cc3cccc4ccccc34)CC2)sc2c1CCC(C)C2. The molecule has 7 heteroatoms. The summed E-state index contributed by atoms with van der Waals surface area (Å²) in [6.07, 6.45) is 2.89. The van der Waals surface area contributed by atoms with Crippen LogP contribution >= 0.6 is 11.3 Å². The summed E-state index contributed by atoms with van der Waals surface area (Å²) < 4.78 is 5.34. The summed E-state index contributed by atoms with van der Waals surface area (Å²) in [5, 5.41) is 6.31. The fourth-order valence-electron chi connectivity index (χ4n) is 5.40. The maximum Gasteiger partial charge on any atom is 0.341 e. The molecular formula is C29H35N3O3S. The lowest BCUT2D eigenvalue weighted by Gasteiger charge is -2.34. The molecule has 1 aromatic heterocycles. The highest BCUT2D eigenvalue weighted by atomic mass is 32.1. The molecule has 0 saturated carbocycles. The number of hydrogen-bond acceptors (Lipinski definition) is 6. The summed E-state index contributed by atoms with van der Waals surface area (Å²) in [5.41, 5.74) is 3.01. The Morgan fingerprint density at radius 1 is 1.06 bits per heavy atom. The van der Waals surface area contributed by atoms with Crippen LogP contribution in [-0.4, -0.2) is 61.0 Å². The smallest absolute Gasteiger partial charge is 0.341 e. The minimum atomic E-state index is -0.318. The van der Waals surface area contributed by atoms with Gasteiger partial charge < -0.3 is 10.1 Å². The van der Waals surface area contributed by atoms with Crippen molar-refractivity contribution >= 4 is 39.0 Å². The molecule has 6 nitrogen and oxygen atoms in total. The second-order valence-corrected chi connectivity index (χ2v) is 11.1. The van der Waals surface area contributed by atoms with E-state index in [4.69, 9.17) is 4.74 Å². The summed E-state index contributed by atoms with van der Waals surface area (Å²) >= 11 is 1.55. The first-order valence-corrected chi connectivity index (χ1v) is 13.9. The Balaban J connectivity index is 1.19. The summed E-state index contributed by atoms with van der Waals surface area (Å²) in [6, 6.07) is 15.0. The number of benzene rings is 2. The van der Waals surface area contributed by atoms with Crippen LogP contribution in [0.3, 0.4) is 0 Å². The minimum absolute atomic E-state index is 0.0605. The van der Waals surface area contributed by atoms with Crippen molar-refractivity contribution in [1.29, 1.82) is 0 Å². The molecular weight excluding hydrogens is 470 g/mol. The van der Waals surface area contributed by atoms with Crippen LogP contribution in [0.15, 0.2) is 42.5 Å². The summed E-state index contributed by atoms with van der Waals surface area (Å²) in [6.45, 7) is 9.19. The molecule has 1 fully saturated rings.